The molecule has 1 fully saturated rings. The van der Waals surface area contributed by atoms with Gasteiger partial charge in [-0.3, -0.25) is 10.1 Å². The highest BCUT2D eigenvalue weighted by molar-refractivity contribution is 7.10. The normalized spacial score (nSPS) is 13.8. The first-order valence-corrected chi connectivity index (χ1v) is 11.8. The van der Waals surface area contributed by atoms with E-state index in [2.05, 4.69) is 41.2 Å². The molecule has 3 N–H and O–H groups in total. The van der Waals surface area contributed by atoms with Crippen molar-refractivity contribution in [3.63, 3.8) is 0 Å². The van der Waals surface area contributed by atoms with Gasteiger partial charge in [0, 0.05) is 67.6 Å². The van der Waals surface area contributed by atoms with Gasteiger partial charge in [0.25, 0.3) is 5.91 Å². The van der Waals surface area contributed by atoms with E-state index in [0.29, 0.717) is 44.1 Å². The number of aromatic amines is 1. The number of piperazine rings is 1. The van der Waals surface area contributed by atoms with Gasteiger partial charge < -0.3 is 20.1 Å². The van der Waals surface area contributed by atoms with E-state index in [9.17, 15) is 9.59 Å². The number of amides is 3. The molecule has 0 bridgehead atoms. The number of hydrogen-bond donors (Lipinski definition) is 3. The zero-order valence-corrected chi connectivity index (χ0v) is 19.2. The average molecular weight is 477 g/mol. The SMILES string of the molecule is O=C(NCCc1c[nH]c2ccccc12)c1nnsc1NC(=O)N1CCN(c2ccccn2)CC1. The highest BCUT2D eigenvalue weighted by Crippen LogP contribution is 2.20. The Kier molecular flexibility index (Phi) is 6.34. The number of para-hydroxylation sites is 1. The van der Waals surface area contributed by atoms with E-state index in [1.54, 1.807) is 11.1 Å². The summed E-state index contributed by atoms with van der Waals surface area (Å²) in [5.74, 6) is 0.546. The first-order valence-electron chi connectivity index (χ1n) is 11.1. The van der Waals surface area contributed by atoms with Gasteiger partial charge in [-0.15, -0.1) is 5.10 Å². The van der Waals surface area contributed by atoms with Gasteiger partial charge in [-0.1, -0.05) is 28.8 Å². The fraction of sp³-hybridized carbons (Fsp3) is 0.261. The molecule has 3 amide bonds. The average Bonchev–Trinajstić information content (AvgIpc) is 3.52. The number of rotatable bonds is 6. The van der Waals surface area contributed by atoms with Crippen LogP contribution in [0.5, 0.6) is 0 Å². The van der Waals surface area contributed by atoms with Gasteiger partial charge in [0.15, 0.2) is 10.7 Å². The Balaban J connectivity index is 1.13. The summed E-state index contributed by atoms with van der Waals surface area (Å²) in [7, 11) is 0. The maximum atomic E-state index is 12.8. The maximum Gasteiger partial charge on any atom is 0.322 e. The molecule has 11 heteroatoms. The largest absolute Gasteiger partial charge is 0.361 e. The van der Waals surface area contributed by atoms with Crippen LogP contribution in [0.1, 0.15) is 16.1 Å². The van der Waals surface area contributed by atoms with E-state index in [0.717, 1.165) is 33.8 Å². The summed E-state index contributed by atoms with van der Waals surface area (Å²) < 4.78 is 3.87. The van der Waals surface area contributed by atoms with Gasteiger partial charge in [-0.05, 0) is 30.2 Å². The molecule has 1 aromatic carbocycles. The number of anilines is 2. The molecule has 0 atom stereocenters. The van der Waals surface area contributed by atoms with E-state index in [4.69, 9.17) is 0 Å². The Morgan fingerprint density at radius 2 is 1.88 bits per heavy atom. The molecule has 34 heavy (non-hydrogen) atoms. The third-order valence-corrected chi connectivity index (χ3v) is 6.46. The van der Waals surface area contributed by atoms with Crippen LogP contribution in [0.2, 0.25) is 0 Å². The van der Waals surface area contributed by atoms with Crippen molar-refractivity contribution >= 4 is 45.2 Å². The van der Waals surface area contributed by atoms with Crippen LogP contribution in [0, 0.1) is 0 Å². The fourth-order valence-corrected chi connectivity index (χ4v) is 4.57. The maximum absolute atomic E-state index is 12.8. The summed E-state index contributed by atoms with van der Waals surface area (Å²) >= 11 is 0.995. The van der Waals surface area contributed by atoms with Gasteiger partial charge in [-0.2, -0.15) is 0 Å². The zero-order chi connectivity index (χ0) is 23.3. The van der Waals surface area contributed by atoms with Crippen molar-refractivity contribution in [1.29, 1.82) is 0 Å². The molecule has 0 spiro atoms. The van der Waals surface area contributed by atoms with Crippen LogP contribution >= 0.6 is 11.5 Å². The van der Waals surface area contributed by atoms with Gasteiger partial charge >= 0.3 is 6.03 Å². The number of benzene rings is 1. The van der Waals surface area contributed by atoms with Crippen LogP contribution in [0.4, 0.5) is 15.6 Å². The van der Waals surface area contributed by atoms with Crippen LogP contribution in [-0.4, -0.2) is 69.1 Å². The fourth-order valence-electron chi connectivity index (χ4n) is 4.01. The Morgan fingerprint density at radius 3 is 2.71 bits per heavy atom. The van der Waals surface area contributed by atoms with Crippen molar-refractivity contribution in [2.24, 2.45) is 0 Å². The van der Waals surface area contributed by atoms with E-state index in [1.807, 2.05) is 42.6 Å². The number of pyridine rings is 1. The van der Waals surface area contributed by atoms with Crippen molar-refractivity contribution in [2.75, 3.05) is 42.9 Å². The molecule has 10 nitrogen and oxygen atoms in total. The number of carbonyl (C=O) groups is 2. The number of nitrogens with zero attached hydrogens (tertiary/aromatic N) is 5. The number of carbonyl (C=O) groups excluding carboxylic acids is 2. The minimum Gasteiger partial charge on any atom is -0.361 e. The Labute approximate surface area is 200 Å². The first-order chi connectivity index (χ1) is 16.7. The molecular formula is C23H24N8O2S. The molecule has 0 radical (unpaired) electrons. The van der Waals surface area contributed by atoms with E-state index < -0.39 is 0 Å². The number of nitrogens with one attached hydrogen (secondary N) is 3. The minimum atomic E-state index is -0.358. The molecule has 5 rings (SSSR count). The smallest absolute Gasteiger partial charge is 0.322 e. The molecule has 4 aromatic rings. The predicted molar refractivity (Wildman–Crippen MR) is 131 cm³/mol. The zero-order valence-electron chi connectivity index (χ0n) is 18.4. The lowest BCUT2D eigenvalue weighted by atomic mass is 10.1. The highest BCUT2D eigenvalue weighted by Gasteiger charge is 2.24. The third-order valence-electron chi connectivity index (χ3n) is 5.82. The lowest BCUT2D eigenvalue weighted by Gasteiger charge is -2.35. The first kappa shape index (κ1) is 21.8. The van der Waals surface area contributed by atoms with Crippen LogP contribution in [-0.2, 0) is 6.42 Å². The van der Waals surface area contributed by atoms with E-state index in [1.165, 1.54) is 0 Å². The second kappa shape index (κ2) is 9.87. The molecule has 174 valence electrons. The minimum absolute atomic E-state index is 0.129. The molecule has 1 aliphatic heterocycles. The molecule has 4 heterocycles. The number of hydrogen-bond acceptors (Lipinski definition) is 7. The van der Waals surface area contributed by atoms with Crippen molar-refractivity contribution < 1.29 is 9.59 Å². The number of H-pyrrole nitrogens is 1. The Morgan fingerprint density at radius 1 is 1.06 bits per heavy atom. The van der Waals surface area contributed by atoms with Gasteiger partial charge in [0.1, 0.15) is 5.82 Å². The van der Waals surface area contributed by atoms with Crippen molar-refractivity contribution in [3.8, 4) is 0 Å². The summed E-state index contributed by atoms with van der Waals surface area (Å²) in [6.45, 7) is 2.93. The van der Waals surface area contributed by atoms with Crippen molar-refractivity contribution in [2.45, 2.75) is 6.42 Å². The van der Waals surface area contributed by atoms with Gasteiger partial charge in [-0.25, -0.2) is 9.78 Å². The molecular weight excluding hydrogens is 452 g/mol. The summed E-state index contributed by atoms with van der Waals surface area (Å²) in [5, 5.41) is 11.1. The number of aromatic nitrogens is 4. The predicted octanol–water partition coefficient (Wildman–Crippen LogP) is 2.74. The molecule has 1 aliphatic rings. The van der Waals surface area contributed by atoms with E-state index >= 15 is 0 Å². The van der Waals surface area contributed by atoms with Crippen LogP contribution in [0.15, 0.2) is 54.9 Å². The second-order valence-corrected chi connectivity index (χ2v) is 8.66. The topological polar surface area (TPSA) is 119 Å². The quantitative estimate of drug-likeness (QED) is 0.394. The standard InChI is InChI=1S/C23H24N8O2S/c32-21(25-10-8-16-15-26-18-6-2-1-5-17(16)18)20-22(34-29-28-20)27-23(33)31-13-11-30(12-14-31)19-7-3-4-9-24-19/h1-7,9,15,26H,8,10-14H2,(H,25,32)(H,27,33). The monoisotopic (exact) mass is 476 g/mol. The molecule has 3 aromatic heterocycles. The lowest BCUT2D eigenvalue weighted by molar-refractivity contribution is 0.0950. The number of urea groups is 1. The summed E-state index contributed by atoms with van der Waals surface area (Å²) in [6, 6.07) is 13.6. The Hall–Kier alpha value is -3.99. The molecule has 1 saturated heterocycles. The third kappa shape index (κ3) is 4.69. The van der Waals surface area contributed by atoms with Gasteiger partial charge in [0.05, 0.1) is 0 Å². The summed E-state index contributed by atoms with van der Waals surface area (Å²) in [6.07, 6.45) is 4.40. The highest BCUT2D eigenvalue weighted by atomic mass is 32.1. The molecule has 0 aliphatic carbocycles. The van der Waals surface area contributed by atoms with Crippen molar-refractivity contribution in [1.82, 2.24) is 29.8 Å². The van der Waals surface area contributed by atoms with Crippen LogP contribution in [0.25, 0.3) is 10.9 Å². The molecule has 0 unspecified atom stereocenters. The van der Waals surface area contributed by atoms with Crippen LogP contribution in [0.3, 0.4) is 0 Å². The summed E-state index contributed by atoms with van der Waals surface area (Å²) in [4.78, 5) is 36.9. The van der Waals surface area contributed by atoms with Gasteiger partial charge in [0.2, 0.25) is 0 Å². The van der Waals surface area contributed by atoms with E-state index in [-0.39, 0.29) is 17.6 Å². The molecule has 0 saturated carbocycles. The summed E-state index contributed by atoms with van der Waals surface area (Å²) in [5.41, 5.74) is 2.33. The second-order valence-electron chi connectivity index (χ2n) is 7.91. The Bertz CT molecular complexity index is 1280. The number of fused-ring (bicyclic) bond motifs is 1. The lowest BCUT2D eigenvalue weighted by Crippen LogP contribution is -2.50. The van der Waals surface area contributed by atoms with Crippen molar-refractivity contribution in [3.05, 3.63) is 66.1 Å². The van der Waals surface area contributed by atoms with Crippen LogP contribution < -0.4 is 15.5 Å².